The molecule has 0 atom stereocenters. The van der Waals surface area contributed by atoms with Crippen molar-refractivity contribution in [2.45, 2.75) is 23.3 Å². The molecule has 1 aliphatic carbocycles. The van der Waals surface area contributed by atoms with Crippen LogP contribution in [0.1, 0.15) is 12.8 Å². The Bertz CT molecular complexity index is 542. The summed E-state index contributed by atoms with van der Waals surface area (Å²) in [5.74, 6) is -0.961. The number of benzene rings is 1. The van der Waals surface area contributed by atoms with Crippen LogP contribution in [0.5, 0.6) is 0 Å². The fourth-order valence-electron chi connectivity index (χ4n) is 2.49. The summed E-state index contributed by atoms with van der Waals surface area (Å²) >= 11 is 1.05. The van der Waals surface area contributed by atoms with Crippen LogP contribution >= 0.6 is 11.8 Å². The number of likely N-dealkylation sites (tertiary alicyclic amines) is 1. The predicted molar refractivity (Wildman–Crippen MR) is 71.3 cm³/mol. The van der Waals surface area contributed by atoms with Gasteiger partial charge in [0.1, 0.15) is 17.2 Å². The molecule has 1 saturated carbocycles. The van der Waals surface area contributed by atoms with Crippen molar-refractivity contribution < 1.29 is 18.7 Å². The number of hydrogen-bond acceptors (Lipinski definition) is 3. The van der Waals surface area contributed by atoms with Crippen LogP contribution in [-0.4, -0.2) is 40.4 Å². The Kier molecular flexibility index (Phi) is 3.46. The fourth-order valence-corrected chi connectivity index (χ4v) is 3.32. The van der Waals surface area contributed by atoms with Crippen molar-refractivity contribution in [1.29, 1.82) is 0 Å². The minimum Gasteiger partial charge on any atom is -0.386 e. The Morgan fingerprint density at radius 3 is 2.70 bits per heavy atom. The van der Waals surface area contributed by atoms with Gasteiger partial charge in [0.05, 0.1) is 18.8 Å². The highest BCUT2D eigenvalue weighted by atomic mass is 32.2. The maximum Gasteiger partial charge on any atom is 0.233 e. The minimum absolute atomic E-state index is 0.100. The first-order valence-electron chi connectivity index (χ1n) is 6.56. The van der Waals surface area contributed by atoms with Crippen LogP contribution in [0.3, 0.4) is 0 Å². The second-order valence-electron chi connectivity index (χ2n) is 5.49. The van der Waals surface area contributed by atoms with Crippen LogP contribution in [0.15, 0.2) is 23.1 Å². The smallest absolute Gasteiger partial charge is 0.233 e. The molecule has 1 aliphatic heterocycles. The molecule has 0 radical (unpaired) electrons. The summed E-state index contributed by atoms with van der Waals surface area (Å²) in [6.07, 6.45) is 2.07. The molecule has 1 heterocycles. The van der Waals surface area contributed by atoms with Gasteiger partial charge in [-0.3, -0.25) is 4.79 Å². The Hall–Kier alpha value is -1.14. The van der Waals surface area contributed by atoms with Crippen molar-refractivity contribution in [1.82, 2.24) is 4.90 Å². The van der Waals surface area contributed by atoms with Crippen molar-refractivity contribution in [3.05, 3.63) is 29.8 Å². The molecule has 1 amide bonds. The number of aliphatic hydroxyl groups is 1. The Balaban J connectivity index is 1.50. The zero-order chi connectivity index (χ0) is 14.3. The van der Waals surface area contributed by atoms with Crippen molar-refractivity contribution in [2.75, 3.05) is 18.8 Å². The van der Waals surface area contributed by atoms with E-state index in [1.165, 1.54) is 12.1 Å². The van der Waals surface area contributed by atoms with Crippen molar-refractivity contribution in [3.63, 3.8) is 0 Å². The molecule has 1 aromatic carbocycles. The molecular weight excluding hydrogens is 284 g/mol. The lowest BCUT2D eigenvalue weighted by Crippen LogP contribution is -2.65. The van der Waals surface area contributed by atoms with E-state index in [1.54, 1.807) is 4.90 Å². The lowest BCUT2D eigenvalue weighted by Gasteiger charge is -2.47. The summed E-state index contributed by atoms with van der Waals surface area (Å²) in [4.78, 5) is 13.8. The van der Waals surface area contributed by atoms with Crippen LogP contribution in [0, 0.1) is 17.6 Å². The van der Waals surface area contributed by atoms with E-state index >= 15 is 0 Å². The maximum atomic E-state index is 13.4. The van der Waals surface area contributed by atoms with Gasteiger partial charge >= 0.3 is 0 Å². The number of hydrogen-bond donors (Lipinski definition) is 1. The fraction of sp³-hybridized carbons (Fsp3) is 0.500. The predicted octanol–water partition coefficient (Wildman–Crippen LogP) is 2.04. The average Bonchev–Trinajstić information content (AvgIpc) is 3.18. The van der Waals surface area contributed by atoms with Crippen molar-refractivity contribution in [3.8, 4) is 0 Å². The molecule has 2 fully saturated rings. The molecule has 108 valence electrons. The maximum absolute atomic E-state index is 13.4. The summed E-state index contributed by atoms with van der Waals surface area (Å²) in [6, 6.07) is 3.31. The SMILES string of the molecule is O=C(CSc1ccc(F)cc1F)N1CC(O)(C2CC2)C1. The monoisotopic (exact) mass is 299 g/mol. The zero-order valence-electron chi connectivity index (χ0n) is 10.8. The third-order valence-corrected chi connectivity index (χ3v) is 4.90. The Morgan fingerprint density at radius 1 is 1.40 bits per heavy atom. The van der Waals surface area contributed by atoms with Crippen LogP contribution in [0.25, 0.3) is 0 Å². The number of carbonyl (C=O) groups excluding carboxylic acids is 1. The molecule has 1 saturated heterocycles. The number of thioether (sulfide) groups is 1. The van der Waals surface area contributed by atoms with Gasteiger partial charge in [0.15, 0.2) is 0 Å². The summed E-state index contributed by atoms with van der Waals surface area (Å²) in [5.41, 5.74) is -0.693. The molecule has 1 N–H and O–H groups in total. The van der Waals surface area contributed by atoms with Crippen molar-refractivity contribution in [2.24, 2.45) is 5.92 Å². The van der Waals surface area contributed by atoms with E-state index in [1.807, 2.05) is 0 Å². The van der Waals surface area contributed by atoms with Crippen LogP contribution in [0.4, 0.5) is 8.78 Å². The van der Waals surface area contributed by atoms with Gasteiger partial charge in [0.2, 0.25) is 5.91 Å². The molecular formula is C14H15F2NO2S. The second-order valence-corrected chi connectivity index (χ2v) is 6.51. The second kappa shape index (κ2) is 5.00. The van der Waals surface area contributed by atoms with Crippen LogP contribution in [-0.2, 0) is 4.79 Å². The van der Waals surface area contributed by atoms with Gasteiger partial charge in [-0.2, -0.15) is 0 Å². The highest BCUT2D eigenvalue weighted by molar-refractivity contribution is 8.00. The van der Waals surface area contributed by atoms with E-state index in [2.05, 4.69) is 0 Å². The molecule has 0 spiro atoms. The summed E-state index contributed by atoms with van der Waals surface area (Å²) < 4.78 is 26.2. The molecule has 2 aliphatic rings. The number of amides is 1. The van der Waals surface area contributed by atoms with E-state index in [-0.39, 0.29) is 16.6 Å². The molecule has 3 nitrogen and oxygen atoms in total. The first-order valence-corrected chi connectivity index (χ1v) is 7.54. The molecule has 20 heavy (non-hydrogen) atoms. The molecule has 3 rings (SSSR count). The van der Waals surface area contributed by atoms with E-state index < -0.39 is 17.2 Å². The molecule has 0 bridgehead atoms. The first-order chi connectivity index (χ1) is 9.48. The third-order valence-electron chi connectivity index (χ3n) is 3.86. The Labute approximate surface area is 120 Å². The number of halogens is 2. The largest absolute Gasteiger partial charge is 0.386 e. The standard InChI is InChI=1S/C14H15F2NO2S/c15-10-3-4-12(11(16)5-10)20-6-13(18)17-7-14(19,8-17)9-1-2-9/h3-5,9,19H,1-2,6-8H2. The quantitative estimate of drug-likeness (QED) is 0.865. The van der Waals surface area contributed by atoms with Gasteiger partial charge in [0, 0.05) is 11.0 Å². The third kappa shape index (κ3) is 2.67. The summed E-state index contributed by atoms with van der Waals surface area (Å²) in [5, 5.41) is 10.1. The van der Waals surface area contributed by atoms with Gasteiger partial charge in [-0.15, -0.1) is 11.8 Å². The van der Waals surface area contributed by atoms with Gasteiger partial charge in [-0.05, 0) is 30.9 Å². The van der Waals surface area contributed by atoms with E-state index in [0.717, 1.165) is 30.7 Å². The number of nitrogens with zero attached hydrogens (tertiary/aromatic N) is 1. The molecule has 6 heteroatoms. The van der Waals surface area contributed by atoms with E-state index in [0.29, 0.717) is 19.0 Å². The Morgan fingerprint density at radius 2 is 2.10 bits per heavy atom. The summed E-state index contributed by atoms with van der Waals surface area (Å²) in [6.45, 7) is 0.756. The normalized spacial score (nSPS) is 20.6. The number of rotatable bonds is 4. The van der Waals surface area contributed by atoms with Crippen LogP contribution < -0.4 is 0 Å². The number of β-amino-alcohol motifs (C(OH)–C–C–N with tert-alkyl or cyclic N) is 1. The molecule has 0 unspecified atom stereocenters. The lowest BCUT2D eigenvalue weighted by molar-refractivity contribution is -0.156. The van der Waals surface area contributed by atoms with E-state index in [4.69, 9.17) is 0 Å². The zero-order valence-corrected chi connectivity index (χ0v) is 11.6. The minimum atomic E-state index is -0.693. The summed E-state index contributed by atoms with van der Waals surface area (Å²) in [7, 11) is 0. The molecule has 0 aromatic heterocycles. The van der Waals surface area contributed by atoms with Gasteiger partial charge in [-0.25, -0.2) is 8.78 Å². The highest BCUT2D eigenvalue weighted by Crippen LogP contribution is 2.44. The topological polar surface area (TPSA) is 40.5 Å². The first kappa shape index (κ1) is 13.8. The van der Waals surface area contributed by atoms with Crippen molar-refractivity contribution >= 4 is 17.7 Å². The lowest BCUT2D eigenvalue weighted by atomic mass is 9.89. The molecule has 1 aromatic rings. The van der Waals surface area contributed by atoms with Gasteiger partial charge < -0.3 is 10.0 Å². The highest BCUT2D eigenvalue weighted by Gasteiger charge is 2.53. The average molecular weight is 299 g/mol. The van der Waals surface area contributed by atoms with Gasteiger partial charge in [0.25, 0.3) is 0 Å². The van der Waals surface area contributed by atoms with Gasteiger partial charge in [-0.1, -0.05) is 0 Å². The van der Waals surface area contributed by atoms with E-state index in [9.17, 15) is 18.7 Å². The number of carbonyl (C=O) groups is 1. The van der Waals surface area contributed by atoms with Crippen LogP contribution in [0.2, 0.25) is 0 Å².